The lowest BCUT2D eigenvalue weighted by molar-refractivity contribution is 0.0549. The van der Waals surface area contributed by atoms with Gasteiger partial charge >= 0.3 is 0 Å². The van der Waals surface area contributed by atoms with Crippen molar-refractivity contribution in [2.75, 3.05) is 20.3 Å². The number of hydrogen-bond donors (Lipinski definition) is 2. The van der Waals surface area contributed by atoms with Gasteiger partial charge in [-0.1, -0.05) is 19.9 Å². The Bertz CT molecular complexity index is 425. The van der Waals surface area contributed by atoms with E-state index in [4.69, 9.17) is 9.47 Å². The van der Waals surface area contributed by atoms with Gasteiger partial charge in [0.1, 0.15) is 0 Å². The molecule has 21 heavy (non-hydrogen) atoms. The molecule has 0 amide bonds. The van der Waals surface area contributed by atoms with E-state index >= 15 is 0 Å². The maximum atomic E-state index is 9.69. The number of nitrogens with one attached hydrogen (secondary N) is 1. The van der Waals surface area contributed by atoms with E-state index in [1.165, 1.54) is 5.56 Å². The average molecular weight is 295 g/mol. The molecule has 120 valence electrons. The average Bonchev–Trinajstić information content (AvgIpc) is 2.38. The maximum Gasteiger partial charge on any atom is 0.161 e. The van der Waals surface area contributed by atoms with Crippen LogP contribution in [0.3, 0.4) is 0 Å². The fourth-order valence-electron chi connectivity index (χ4n) is 1.86. The van der Waals surface area contributed by atoms with Crippen LogP contribution < -0.4 is 14.8 Å². The highest BCUT2D eigenvalue weighted by Gasteiger charge is 2.13. The molecule has 0 aromatic heterocycles. The number of hydrogen-bond acceptors (Lipinski definition) is 4. The van der Waals surface area contributed by atoms with Crippen molar-refractivity contribution in [2.45, 2.75) is 46.3 Å². The predicted octanol–water partition coefficient (Wildman–Crippen LogP) is 2.98. The minimum Gasteiger partial charge on any atom is -0.493 e. The molecule has 0 bridgehead atoms. The first-order valence-corrected chi connectivity index (χ1v) is 7.54. The molecule has 1 aromatic rings. The summed E-state index contributed by atoms with van der Waals surface area (Å²) >= 11 is 0. The zero-order valence-corrected chi connectivity index (χ0v) is 13.9. The Labute approximate surface area is 128 Å². The summed E-state index contributed by atoms with van der Waals surface area (Å²) in [4.78, 5) is 0. The molecule has 0 aliphatic rings. The Hall–Kier alpha value is -1.26. The Morgan fingerprint density at radius 3 is 2.52 bits per heavy atom. The number of rotatable bonds is 9. The minimum atomic E-state index is -0.714. The van der Waals surface area contributed by atoms with Gasteiger partial charge in [-0.3, -0.25) is 0 Å². The summed E-state index contributed by atoms with van der Waals surface area (Å²) in [7, 11) is 1.64. The monoisotopic (exact) mass is 295 g/mol. The molecule has 0 aliphatic carbocycles. The van der Waals surface area contributed by atoms with Crippen LogP contribution in [0.25, 0.3) is 0 Å². The van der Waals surface area contributed by atoms with Gasteiger partial charge in [0, 0.05) is 13.0 Å². The van der Waals surface area contributed by atoms with Crippen LogP contribution in [0.4, 0.5) is 0 Å². The molecule has 0 atom stereocenters. The molecule has 1 rings (SSSR count). The Balaban J connectivity index is 2.57. The number of methoxy groups -OCH3 is 1. The van der Waals surface area contributed by atoms with Crippen molar-refractivity contribution < 1.29 is 14.6 Å². The van der Waals surface area contributed by atoms with Crippen LogP contribution in [0.15, 0.2) is 18.2 Å². The summed E-state index contributed by atoms with van der Waals surface area (Å²) in [5, 5.41) is 13.1. The summed E-state index contributed by atoms with van der Waals surface area (Å²) < 4.78 is 11.1. The second-order valence-electron chi connectivity index (χ2n) is 6.42. The molecule has 0 aliphatic heterocycles. The SMILES string of the molecule is COc1cc(CNCC(C)C)ccc1OCCC(C)(C)O. The van der Waals surface area contributed by atoms with Crippen LogP contribution in [-0.4, -0.2) is 31.0 Å². The summed E-state index contributed by atoms with van der Waals surface area (Å²) in [6.07, 6.45) is 0.577. The first kappa shape index (κ1) is 17.8. The first-order chi connectivity index (χ1) is 9.81. The number of ether oxygens (including phenoxy) is 2. The molecule has 0 fully saturated rings. The standard InChI is InChI=1S/C17H29NO3/c1-13(2)11-18-12-14-6-7-15(16(10-14)20-5)21-9-8-17(3,4)19/h6-7,10,13,18-19H,8-9,11-12H2,1-5H3. The van der Waals surface area contributed by atoms with Gasteiger partial charge in [0.15, 0.2) is 11.5 Å². The zero-order valence-electron chi connectivity index (χ0n) is 13.9. The van der Waals surface area contributed by atoms with Gasteiger partial charge < -0.3 is 19.9 Å². The molecule has 0 saturated heterocycles. The van der Waals surface area contributed by atoms with E-state index in [0.29, 0.717) is 24.7 Å². The third-order valence-corrected chi connectivity index (χ3v) is 3.08. The van der Waals surface area contributed by atoms with E-state index in [0.717, 1.165) is 18.8 Å². The van der Waals surface area contributed by atoms with Crippen molar-refractivity contribution in [1.29, 1.82) is 0 Å². The smallest absolute Gasteiger partial charge is 0.161 e. The molecular formula is C17H29NO3. The molecule has 0 saturated carbocycles. The second kappa shape index (κ2) is 8.25. The molecule has 2 N–H and O–H groups in total. The quantitative estimate of drug-likeness (QED) is 0.735. The van der Waals surface area contributed by atoms with Crippen molar-refractivity contribution in [3.63, 3.8) is 0 Å². The lowest BCUT2D eigenvalue weighted by Crippen LogP contribution is -2.22. The predicted molar refractivity (Wildman–Crippen MR) is 85.9 cm³/mol. The topological polar surface area (TPSA) is 50.7 Å². The molecule has 0 unspecified atom stereocenters. The number of benzene rings is 1. The van der Waals surface area contributed by atoms with Crippen LogP contribution in [-0.2, 0) is 6.54 Å². The lowest BCUT2D eigenvalue weighted by atomic mass is 10.1. The first-order valence-electron chi connectivity index (χ1n) is 7.54. The van der Waals surface area contributed by atoms with Crippen LogP contribution in [0.5, 0.6) is 11.5 Å². The van der Waals surface area contributed by atoms with Crippen molar-refractivity contribution in [2.24, 2.45) is 5.92 Å². The van der Waals surface area contributed by atoms with Crippen LogP contribution in [0.2, 0.25) is 0 Å². The highest BCUT2D eigenvalue weighted by molar-refractivity contribution is 5.42. The summed E-state index contributed by atoms with van der Waals surface area (Å²) in [5.41, 5.74) is 0.454. The van der Waals surface area contributed by atoms with Gasteiger partial charge in [-0.05, 0) is 44.0 Å². The van der Waals surface area contributed by atoms with Crippen LogP contribution >= 0.6 is 0 Å². The van der Waals surface area contributed by atoms with E-state index < -0.39 is 5.60 Å². The highest BCUT2D eigenvalue weighted by Crippen LogP contribution is 2.28. The molecule has 4 nitrogen and oxygen atoms in total. The minimum absolute atomic E-state index is 0.463. The maximum absolute atomic E-state index is 9.69. The Morgan fingerprint density at radius 1 is 1.24 bits per heavy atom. The molecule has 1 aromatic carbocycles. The third kappa shape index (κ3) is 7.34. The van der Waals surface area contributed by atoms with E-state index in [1.54, 1.807) is 21.0 Å². The van der Waals surface area contributed by atoms with Gasteiger partial charge in [0.25, 0.3) is 0 Å². The normalized spacial score (nSPS) is 11.8. The van der Waals surface area contributed by atoms with Crippen molar-refractivity contribution in [1.82, 2.24) is 5.32 Å². The second-order valence-corrected chi connectivity index (χ2v) is 6.42. The van der Waals surface area contributed by atoms with Crippen LogP contribution in [0, 0.1) is 5.92 Å². The fourth-order valence-corrected chi connectivity index (χ4v) is 1.86. The molecule has 0 radical (unpaired) electrons. The highest BCUT2D eigenvalue weighted by atomic mass is 16.5. The van der Waals surface area contributed by atoms with Gasteiger partial charge in [0.05, 0.1) is 19.3 Å². The van der Waals surface area contributed by atoms with Crippen molar-refractivity contribution in [3.8, 4) is 11.5 Å². The van der Waals surface area contributed by atoms with E-state index in [-0.39, 0.29) is 0 Å². The molecule has 0 spiro atoms. The van der Waals surface area contributed by atoms with Crippen LogP contribution in [0.1, 0.15) is 39.7 Å². The summed E-state index contributed by atoms with van der Waals surface area (Å²) in [6.45, 7) is 10.2. The van der Waals surface area contributed by atoms with Gasteiger partial charge in [-0.15, -0.1) is 0 Å². The van der Waals surface area contributed by atoms with Gasteiger partial charge in [-0.25, -0.2) is 0 Å². The zero-order chi connectivity index (χ0) is 15.9. The molecular weight excluding hydrogens is 266 g/mol. The fraction of sp³-hybridized carbons (Fsp3) is 0.647. The van der Waals surface area contributed by atoms with Crippen molar-refractivity contribution >= 4 is 0 Å². The Morgan fingerprint density at radius 2 is 1.95 bits per heavy atom. The molecule has 0 heterocycles. The van der Waals surface area contributed by atoms with E-state index in [9.17, 15) is 5.11 Å². The van der Waals surface area contributed by atoms with Crippen molar-refractivity contribution in [3.05, 3.63) is 23.8 Å². The van der Waals surface area contributed by atoms with E-state index in [1.807, 2.05) is 18.2 Å². The lowest BCUT2D eigenvalue weighted by Gasteiger charge is -2.18. The van der Waals surface area contributed by atoms with Gasteiger partial charge in [-0.2, -0.15) is 0 Å². The summed E-state index contributed by atoms with van der Waals surface area (Å²) in [6, 6.07) is 5.96. The summed E-state index contributed by atoms with van der Waals surface area (Å²) in [5.74, 6) is 2.08. The largest absolute Gasteiger partial charge is 0.493 e. The Kier molecular flexibility index (Phi) is 6.99. The van der Waals surface area contributed by atoms with Gasteiger partial charge in [0.2, 0.25) is 0 Å². The molecule has 4 heteroatoms. The number of aliphatic hydroxyl groups is 1. The third-order valence-electron chi connectivity index (χ3n) is 3.08. The van der Waals surface area contributed by atoms with E-state index in [2.05, 4.69) is 19.2 Å².